The third-order valence-corrected chi connectivity index (χ3v) is 6.22. The number of carbonyl (C=O) groups is 1. The Morgan fingerprint density at radius 2 is 2.00 bits per heavy atom. The van der Waals surface area contributed by atoms with E-state index in [0.717, 1.165) is 12.1 Å². The number of aromatic nitrogens is 1. The lowest BCUT2D eigenvalue weighted by Gasteiger charge is -2.40. The summed E-state index contributed by atoms with van der Waals surface area (Å²) in [7, 11) is 2.04. The highest BCUT2D eigenvalue weighted by Crippen LogP contribution is 2.42. The summed E-state index contributed by atoms with van der Waals surface area (Å²) in [5, 5.41) is 24.7. The summed E-state index contributed by atoms with van der Waals surface area (Å²) in [4.78, 5) is 13.8. The van der Waals surface area contributed by atoms with Crippen LogP contribution >= 0.6 is 0 Å². The van der Waals surface area contributed by atoms with Gasteiger partial charge in [-0.15, -0.1) is 0 Å². The fourth-order valence-electron chi connectivity index (χ4n) is 4.85. The highest BCUT2D eigenvalue weighted by molar-refractivity contribution is 5.88. The molecule has 1 aliphatic rings. The van der Waals surface area contributed by atoms with Gasteiger partial charge in [0.2, 0.25) is 0 Å². The minimum atomic E-state index is -0.884. The zero-order valence-corrected chi connectivity index (χ0v) is 17.8. The van der Waals surface area contributed by atoms with Gasteiger partial charge in [0.15, 0.2) is 12.4 Å². The Bertz CT molecular complexity index is 1090. The standard InChI is InChI=1S/C24H29N3O3/c1-4-8-18(24(28)29)15-27(30)16-26(20-10-5-6-12-22(20)27)14-19-13-25(3)21-11-7-9-17(2)23(19)21/h5-7,9-13,18H,4,8,14-16H2,1-3H3,(H,28,29). The second-order valence-corrected chi connectivity index (χ2v) is 8.46. The van der Waals surface area contributed by atoms with Gasteiger partial charge in [0.05, 0.1) is 13.1 Å². The van der Waals surface area contributed by atoms with Crippen molar-refractivity contribution in [1.29, 1.82) is 0 Å². The van der Waals surface area contributed by atoms with Crippen LogP contribution in [0, 0.1) is 18.0 Å². The maximum Gasteiger partial charge on any atom is 0.312 e. The molecule has 2 unspecified atom stereocenters. The molecule has 6 heteroatoms. The second kappa shape index (κ2) is 7.78. The highest BCUT2D eigenvalue weighted by atomic mass is 16.6. The van der Waals surface area contributed by atoms with Crippen LogP contribution in [-0.2, 0) is 18.4 Å². The van der Waals surface area contributed by atoms with Gasteiger partial charge in [0, 0.05) is 30.2 Å². The van der Waals surface area contributed by atoms with Gasteiger partial charge in [0.25, 0.3) is 0 Å². The lowest BCUT2D eigenvalue weighted by molar-refractivity contribution is -0.142. The molecule has 1 N–H and O–H groups in total. The number of aryl methyl sites for hydroxylation is 2. The third-order valence-electron chi connectivity index (χ3n) is 6.22. The molecular weight excluding hydrogens is 378 g/mol. The molecule has 3 aromatic rings. The first-order chi connectivity index (χ1) is 14.3. The van der Waals surface area contributed by atoms with Gasteiger partial charge in [-0.05, 0) is 36.6 Å². The highest BCUT2D eigenvalue weighted by Gasteiger charge is 2.39. The Morgan fingerprint density at radius 1 is 1.23 bits per heavy atom. The normalized spacial score (nSPS) is 19.3. The predicted molar refractivity (Wildman–Crippen MR) is 121 cm³/mol. The average molecular weight is 408 g/mol. The molecule has 4 rings (SSSR count). The van der Waals surface area contributed by atoms with Gasteiger partial charge in [-0.1, -0.05) is 37.6 Å². The number of benzene rings is 2. The van der Waals surface area contributed by atoms with Gasteiger partial charge < -0.3 is 24.4 Å². The van der Waals surface area contributed by atoms with Crippen molar-refractivity contribution in [2.45, 2.75) is 33.2 Å². The summed E-state index contributed by atoms with van der Waals surface area (Å²) >= 11 is 0. The number of aliphatic carboxylic acids is 1. The fourth-order valence-corrected chi connectivity index (χ4v) is 4.85. The van der Waals surface area contributed by atoms with Gasteiger partial charge >= 0.3 is 5.97 Å². The molecule has 30 heavy (non-hydrogen) atoms. The van der Waals surface area contributed by atoms with E-state index in [9.17, 15) is 15.1 Å². The van der Waals surface area contributed by atoms with E-state index in [1.807, 2.05) is 38.2 Å². The van der Waals surface area contributed by atoms with E-state index < -0.39 is 16.5 Å². The van der Waals surface area contributed by atoms with Gasteiger partial charge in [-0.2, -0.15) is 0 Å². The Balaban J connectivity index is 1.69. The van der Waals surface area contributed by atoms with E-state index in [-0.39, 0.29) is 13.2 Å². The minimum absolute atomic E-state index is 0.0608. The van der Waals surface area contributed by atoms with E-state index >= 15 is 0 Å². The first-order valence-corrected chi connectivity index (χ1v) is 10.5. The number of hydroxylamine groups is 2. The van der Waals surface area contributed by atoms with Crippen molar-refractivity contribution in [2.24, 2.45) is 13.0 Å². The van der Waals surface area contributed by atoms with Crippen molar-refractivity contribution in [1.82, 2.24) is 9.21 Å². The number of fused-ring (bicyclic) bond motifs is 2. The number of quaternary nitrogens is 1. The Morgan fingerprint density at radius 3 is 2.73 bits per heavy atom. The number of para-hydroxylation sites is 2. The first-order valence-electron chi connectivity index (χ1n) is 10.5. The number of anilines is 1. The molecule has 0 amide bonds. The van der Waals surface area contributed by atoms with Crippen molar-refractivity contribution in [3.63, 3.8) is 0 Å². The summed E-state index contributed by atoms with van der Waals surface area (Å²) < 4.78 is 1.51. The molecule has 0 aliphatic carbocycles. The van der Waals surface area contributed by atoms with Gasteiger partial charge in [0.1, 0.15) is 11.6 Å². The maximum atomic E-state index is 13.9. The minimum Gasteiger partial charge on any atom is -0.626 e. The van der Waals surface area contributed by atoms with Crippen LogP contribution in [0.2, 0.25) is 0 Å². The zero-order valence-electron chi connectivity index (χ0n) is 17.8. The number of rotatable bonds is 7. The Hall–Kier alpha value is -2.83. The zero-order chi connectivity index (χ0) is 21.5. The van der Waals surface area contributed by atoms with Crippen LogP contribution < -0.4 is 9.55 Å². The van der Waals surface area contributed by atoms with Crippen molar-refractivity contribution >= 4 is 28.2 Å². The SMILES string of the molecule is CCCC(C[N+]1([O-])CN(Cc2cn(C)c3cccc(C)c23)c2ccccc21)C(=O)O. The largest absolute Gasteiger partial charge is 0.626 e. The summed E-state index contributed by atoms with van der Waals surface area (Å²) in [6.07, 6.45) is 3.40. The van der Waals surface area contributed by atoms with Crippen LogP contribution in [0.3, 0.4) is 0 Å². The molecule has 2 aromatic carbocycles. The van der Waals surface area contributed by atoms with Crippen LogP contribution in [-0.4, -0.2) is 28.9 Å². The lowest BCUT2D eigenvalue weighted by atomic mass is 10.0. The molecule has 158 valence electrons. The maximum absolute atomic E-state index is 13.9. The second-order valence-electron chi connectivity index (χ2n) is 8.46. The van der Waals surface area contributed by atoms with E-state index in [2.05, 4.69) is 40.8 Å². The third kappa shape index (κ3) is 3.46. The molecule has 0 fully saturated rings. The first kappa shape index (κ1) is 20.4. The quantitative estimate of drug-likeness (QED) is 0.452. The van der Waals surface area contributed by atoms with Crippen LogP contribution in [0.25, 0.3) is 10.9 Å². The number of carboxylic acid groups (broad SMARTS) is 1. The number of hydrogen-bond donors (Lipinski definition) is 1. The van der Waals surface area contributed by atoms with Crippen molar-refractivity contribution < 1.29 is 9.90 Å². The van der Waals surface area contributed by atoms with Crippen molar-refractivity contribution in [3.8, 4) is 0 Å². The molecule has 6 nitrogen and oxygen atoms in total. The van der Waals surface area contributed by atoms with Crippen LogP contribution in [0.1, 0.15) is 30.9 Å². The Kier molecular flexibility index (Phi) is 5.30. The van der Waals surface area contributed by atoms with E-state index in [0.29, 0.717) is 18.7 Å². The van der Waals surface area contributed by atoms with E-state index in [1.165, 1.54) is 22.0 Å². The average Bonchev–Trinajstić information content (AvgIpc) is 3.17. The van der Waals surface area contributed by atoms with Crippen molar-refractivity contribution in [2.75, 3.05) is 18.1 Å². The molecule has 1 aliphatic heterocycles. The fraction of sp³-hybridized carbons (Fsp3) is 0.375. The summed E-state index contributed by atoms with van der Waals surface area (Å²) in [5.74, 6) is -1.52. The number of carboxylic acids is 1. The summed E-state index contributed by atoms with van der Waals surface area (Å²) in [5.41, 5.74) is 5.13. The summed E-state index contributed by atoms with van der Waals surface area (Å²) in [6.45, 7) is 4.98. The molecule has 0 spiro atoms. The molecule has 0 radical (unpaired) electrons. The molecular formula is C24H29N3O3. The monoisotopic (exact) mass is 407 g/mol. The van der Waals surface area contributed by atoms with Crippen LogP contribution in [0.5, 0.6) is 0 Å². The van der Waals surface area contributed by atoms with Crippen LogP contribution in [0.4, 0.5) is 11.4 Å². The van der Waals surface area contributed by atoms with E-state index in [4.69, 9.17) is 0 Å². The molecule has 0 saturated carbocycles. The van der Waals surface area contributed by atoms with Gasteiger partial charge in [-0.25, -0.2) is 0 Å². The number of hydrogen-bond acceptors (Lipinski definition) is 3. The number of nitrogens with zero attached hydrogens (tertiary/aromatic N) is 3. The molecule has 2 atom stereocenters. The molecule has 0 bridgehead atoms. The smallest absolute Gasteiger partial charge is 0.312 e. The lowest BCUT2D eigenvalue weighted by Crippen LogP contribution is -2.50. The van der Waals surface area contributed by atoms with E-state index in [1.54, 1.807) is 0 Å². The molecule has 0 saturated heterocycles. The molecule has 1 aromatic heterocycles. The van der Waals surface area contributed by atoms with Crippen LogP contribution in [0.15, 0.2) is 48.7 Å². The topological polar surface area (TPSA) is 68.5 Å². The summed E-state index contributed by atoms with van der Waals surface area (Å²) in [6, 6.07) is 13.9. The van der Waals surface area contributed by atoms with Crippen molar-refractivity contribution in [3.05, 3.63) is 65.0 Å². The van der Waals surface area contributed by atoms with Gasteiger partial charge in [-0.3, -0.25) is 4.79 Å². The predicted octanol–water partition coefficient (Wildman–Crippen LogP) is 4.77. The Labute approximate surface area is 177 Å². The molecule has 2 heterocycles.